The molecule has 0 spiro atoms. The molecule has 0 saturated carbocycles. The highest BCUT2D eigenvalue weighted by Gasteiger charge is 2.42. The molecule has 15 heavy (non-hydrogen) atoms. The second kappa shape index (κ2) is 6.41. The van der Waals surface area contributed by atoms with Crippen molar-refractivity contribution in [3.63, 3.8) is 0 Å². The molecule has 2 atom stereocenters. The highest BCUT2D eigenvalue weighted by atomic mass is 19.3. The molecule has 1 heterocycles. The van der Waals surface area contributed by atoms with Crippen molar-refractivity contribution >= 4 is 0 Å². The van der Waals surface area contributed by atoms with Crippen molar-refractivity contribution in [3.8, 4) is 0 Å². The minimum atomic E-state index is -2.15. The largest absolute Gasteiger partial charge is 0.298 e. The van der Waals surface area contributed by atoms with E-state index in [1.54, 1.807) is 0 Å². The molecule has 1 saturated heterocycles. The topological polar surface area (TPSA) is 3.24 Å². The summed E-state index contributed by atoms with van der Waals surface area (Å²) in [5, 5.41) is 0. The lowest BCUT2D eigenvalue weighted by atomic mass is 9.92. The van der Waals surface area contributed by atoms with Crippen molar-refractivity contribution in [2.75, 3.05) is 13.1 Å². The van der Waals surface area contributed by atoms with Gasteiger partial charge in [-0.15, -0.1) is 0 Å². The summed E-state index contributed by atoms with van der Waals surface area (Å²) in [6.45, 7) is 11.7. The van der Waals surface area contributed by atoms with E-state index >= 15 is 0 Å². The quantitative estimate of drug-likeness (QED) is 0.701. The van der Waals surface area contributed by atoms with Crippen LogP contribution in [0.2, 0.25) is 0 Å². The van der Waals surface area contributed by atoms with Crippen LogP contribution in [-0.4, -0.2) is 30.0 Å². The molecule has 0 bridgehead atoms. The van der Waals surface area contributed by atoms with Crippen LogP contribution in [0.3, 0.4) is 0 Å². The van der Waals surface area contributed by atoms with Crippen LogP contribution < -0.4 is 0 Å². The Bertz CT molecular complexity index is 173. The number of likely N-dealkylation sites (tertiary alicyclic amines) is 1. The van der Waals surface area contributed by atoms with Gasteiger partial charge in [0.2, 0.25) is 6.43 Å². The molecule has 0 aromatic carbocycles. The first-order valence-electron chi connectivity index (χ1n) is 6.06. The third-order valence-electron chi connectivity index (χ3n) is 3.42. The molecule has 1 rings (SSSR count). The van der Waals surface area contributed by atoms with E-state index in [1.807, 2.05) is 20.8 Å². The Morgan fingerprint density at radius 2 is 1.87 bits per heavy atom. The molecule has 1 aliphatic heterocycles. The average molecular weight is 221 g/mol. The summed E-state index contributed by atoms with van der Waals surface area (Å²) < 4.78 is 25.0. The van der Waals surface area contributed by atoms with Crippen LogP contribution in [0, 0.1) is 5.92 Å². The van der Waals surface area contributed by atoms with E-state index in [1.165, 1.54) is 0 Å². The first-order valence-corrected chi connectivity index (χ1v) is 6.06. The third kappa shape index (κ3) is 3.40. The molecule has 1 nitrogen and oxygen atoms in total. The van der Waals surface area contributed by atoms with Crippen LogP contribution >= 0.6 is 0 Å². The third-order valence-corrected chi connectivity index (χ3v) is 3.42. The average Bonchev–Trinajstić information content (AvgIpc) is 2.59. The molecule has 1 fully saturated rings. The van der Waals surface area contributed by atoms with Crippen molar-refractivity contribution < 1.29 is 8.78 Å². The normalized spacial score (nSPS) is 31.6. The van der Waals surface area contributed by atoms with Crippen molar-refractivity contribution in [2.24, 2.45) is 5.92 Å². The summed E-state index contributed by atoms with van der Waals surface area (Å²) in [5.41, 5.74) is 0.00977. The van der Waals surface area contributed by atoms with Crippen LogP contribution in [0.1, 0.15) is 47.5 Å². The fourth-order valence-electron chi connectivity index (χ4n) is 2.31. The Morgan fingerprint density at radius 1 is 1.33 bits per heavy atom. The monoisotopic (exact) mass is 221 g/mol. The van der Waals surface area contributed by atoms with Gasteiger partial charge in [0, 0.05) is 18.0 Å². The zero-order chi connectivity index (χ0) is 12.1. The molecule has 0 aromatic rings. The molecular weight excluding hydrogens is 196 g/mol. The number of rotatable bonds is 3. The summed E-state index contributed by atoms with van der Waals surface area (Å²) in [6.07, 6.45) is -0.540. The maximum atomic E-state index is 12.5. The predicted octanol–water partition coefficient (Wildman–Crippen LogP) is 3.79. The van der Waals surface area contributed by atoms with E-state index in [4.69, 9.17) is 0 Å². The lowest BCUT2D eigenvalue weighted by Crippen LogP contribution is -2.40. The van der Waals surface area contributed by atoms with Gasteiger partial charge in [-0.3, -0.25) is 4.90 Å². The highest BCUT2D eigenvalue weighted by molar-refractivity contribution is 4.95. The van der Waals surface area contributed by atoms with Gasteiger partial charge in [0.25, 0.3) is 0 Å². The van der Waals surface area contributed by atoms with Crippen LogP contribution in [0.5, 0.6) is 0 Å². The Labute approximate surface area is 92.8 Å². The van der Waals surface area contributed by atoms with E-state index in [2.05, 4.69) is 18.7 Å². The van der Waals surface area contributed by atoms with Gasteiger partial charge >= 0.3 is 0 Å². The zero-order valence-electron chi connectivity index (χ0n) is 10.7. The van der Waals surface area contributed by atoms with Crippen LogP contribution in [0.4, 0.5) is 8.78 Å². The van der Waals surface area contributed by atoms with Gasteiger partial charge < -0.3 is 0 Å². The molecule has 0 amide bonds. The number of alkyl halides is 2. The summed E-state index contributed by atoms with van der Waals surface area (Å²) in [7, 11) is 0. The van der Waals surface area contributed by atoms with E-state index in [0.29, 0.717) is 13.0 Å². The second-order valence-corrected chi connectivity index (χ2v) is 4.19. The van der Waals surface area contributed by atoms with Gasteiger partial charge in [-0.05, 0) is 26.3 Å². The molecule has 0 aromatic heterocycles. The zero-order valence-corrected chi connectivity index (χ0v) is 10.7. The molecule has 1 aliphatic rings. The number of nitrogens with zero attached hydrogens (tertiary/aromatic N) is 1. The Hall–Kier alpha value is -0.180. The van der Waals surface area contributed by atoms with Crippen molar-refractivity contribution in [1.29, 1.82) is 0 Å². The lowest BCUT2D eigenvalue weighted by molar-refractivity contribution is 0.0810. The molecule has 3 heteroatoms. The maximum Gasteiger partial charge on any atom is 0.242 e. The maximum absolute atomic E-state index is 12.5. The van der Waals surface area contributed by atoms with E-state index in [-0.39, 0.29) is 5.54 Å². The summed E-state index contributed by atoms with van der Waals surface area (Å²) in [5.74, 6) is -0.412. The predicted molar refractivity (Wildman–Crippen MR) is 61.4 cm³/mol. The van der Waals surface area contributed by atoms with Gasteiger partial charge in [0.05, 0.1) is 0 Å². The summed E-state index contributed by atoms with van der Waals surface area (Å²) in [6, 6.07) is 0. The van der Waals surface area contributed by atoms with Crippen molar-refractivity contribution in [1.82, 2.24) is 4.90 Å². The second-order valence-electron chi connectivity index (χ2n) is 4.19. The first kappa shape index (κ1) is 14.8. The van der Waals surface area contributed by atoms with E-state index in [9.17, 15) is 8.78 Å². The van der Waals surface area contributed by atoms with Crippen molar-refractivity contribution in [3.05, 3.63) is 0 Å². The van der Waals surface area contributed by atoms with Crippen LogP contribution in [0.15, 0.2) is 0 Å². The molecule has 0 radical (unpaired) electrons. The highest BCUT2D eigenvalue weighted by Crippen LogP contribution is 2.37. The molecule has 0 N–H and O–H groups in total. The minimum absolute atomic E-state index is 0.00977. The van der Waals surface area contributed by atoms with Gasteiger partial charge in [0.1, 0.15) is 0 Å². The number of hydrogen-bond acceptors (Lipinski definition) is 1. The number of hydrogen-bond donors (Lipinski definition) is 0. The van der Waals surface area contributed by atoms with Crippen molar-refractivity contribution in [2.45, 2.75) is 59.4 Å². The van der Waals surface area contributed by atoms with Gasteiger partial charge in [-0.2, -0.15) is 0 Å². The Kier molecular flexibility index (Phi) is 6.34. The molecule has 92 valence electrons. The summed E-state index contributed by atoms with van der Waals surface area (Å²) in [4.78, 5) is 2.18. The smallest absolute Gasteiger partial charge is 0.242 e. The van der Waals surface area contributed by atoms with E-state index < -0.39 is 12.3 Å². The molecular formula is C12H25F2N. The Balaban J connectivity index is 0.000000921. The van der Waals surface area contributed by atoms with Gasteiger partial charge in [0.15, 0.2) is 0 Å². The van der Waals surface area contributed by atoms with Gasteiger partial charge in [-0.25, -0.2) is 8.78 Å². The lowest BCUT2D eigenvalue weighted by Gasteiger charge is -2.33. The van der Waals surface area contributed by atoms with Crippen LogP contribution in [0.25, 0.3) is 0 Å². The molecule has 0 aliphatic carbocycles. The van der Waals surface area contributed by atoms with Gasteiger partial charge in [-0.1, -0.05) is 27.7 Å². The summed E-state index contributed by atoms with van der Waals surface area (Å²) >= 11 is 0. The number of halogens is 2. The fraction of sp³-hybridized carbons (Fsp3) is 1.00. The van der Waals surface area contributed by atoms with Crippen LogP contribution in [-0.2, 0) is 0 Å². The standard InChI is InChI=1S/C10H19F2N.C2H6/c1-4-10(3)6-8(9(11)12)7-13(10)5-2;1-2/h8-9H,4-7H2,1-3H3;1-2H3. The minimum Gasteiger partial charge on any atom is -0.298 e. The van der Waals surface area contributed by atoms with E-state index in [0.717, 1.165) is 13.0 Å². The SMILES string of the molecule is CC.CCN1CC(C(F)F)CC1(C)CC. The Morgan fingerprint density at radius 3 is 2.13 bits per heavy atom. The molecule has 2 unspecified atom stereocenters. The fourth-order valence-corrected chi connectivity index (χ4v) is 2.31. The first-order chi connectivity index (χ1) is 7.03.